The van der Waals surface area contributed by atoms with Crippen molar-refractivity contribution in [2.45, 2.75) is 31.2 Å². The van der Waals surface area contributed by atoms with Crippen molar-refractivity contribution in [1.82, 2.24) is 15.0 Å². The molecule has 4 N–H and O–H groups in total. The maximum atomic E-state index is 12.0. The lowest BCUT2D eigenvalue weighted by Gasteiger charge is -2.14. The zero-order valence-electron chi connectivity index (χ0n) is 10.9. The van der Waals surface area contributed by atoms with Gasteiger partial charge < -0.3 is 11.1 Å². The van der Waals surface area contributed by atoms with Gasteiger partial charge in [0.2, 0.25) is 15.9 Å². The number of nitrogens with zero attached hydrogens (tertiary/aromatic N) is 1. The predicted molar refractivity (Wildman–Crippen MR) is 71.7 cm³/mol. The number of hydrogen-bond donors (Lipinski definition) is 3. The topological polar surface area (TPSA) is 114 Å². The Labute approximate surface area is 112 Å². The highest BCUT2D eigenvalue weighted by Gasteiger charge is 2.23. The zero-order valence-corrected chi connectivity index (χ0v) is 11.7. The summed E-state index contributed by atoms with van der Waals surface area (Å²) in [5.41, 5.74) is 5.51. The number of hydrogen-bond acceptors (Lipinski definition) is 5. The second-order valence-corrected chi connectivity index (χ2v) is 5.70. The SMILES string of the molecule is CCCNC(=O)C(C)NS(=O)(=O)c1cccnc1N. The third-order valence-corrected chi connectivity index (χ3v) is 3.95. The minimum atomic E-state index is -3.86. The molecule has 0 spiro atoms. The number of carbonyl (C=O) groups is 1. The van der Waals surface area contributed by atoms with Gasteiger partial charge in [0.1, 0.15) is 10.7 Å². The molecule has 1 amide bonds. The van der Waals surface area contributed by atoms with Crippen LogP contribution in [0.4, 0.5) is 5.82 Å². The largest absolute Gasteiger partial charge is 0.383 e. The zero-order chi connectivity index (χ0) is 14.5. The summed E-state index contributed by atoms with van der Waals surface area (Å²) in [5.74, 6) is -0.482. The van der Waals surface area contributed by atoms with Gasteiger partial charge in [-0.1, -0.05) is 6.92 Å². The fourth-order valence-electron chi connectivity index (χ4n) is 1.38. The first-order chi connectivity index (χ1) is 8.88. The number of pyridine rings is 1. The highest BCUT2D eigenvalue weighted by atomic mass is 32.2. The molecule has 0 bridgehead atoms. The molecule has 1 aromatic heterocycles. The predicted octanol–water partition coefficient (Wildman–Crippen LogP) is -0.143. The monoisotopic (exact) mass is 286 g/mol. The molecule has 0 radical (unpaired) electrons. The number of anilines is 1. The molecule has 0 aliphatic carbocycles. The molecule has 0 saturated carbocycles. The van der Waals surface area contributed by atoms with Crippen molar-refractivity contribution in [1.29, 1.82) is 0 Å². The van der Waals surface area contributed by atoms with E-state index in [0.29, 0.717) is 6.54 Å². The van der Waals surface area contributed by atoms with E-state index in [2.05, 4.69) is 15.0 Å². The van der Waals surface area contributed by atoms with Gasteiger partial charge in [0.15, 0.2) is 0 Å². The molecule has 1 unspecified atom stereocenters. The molecule has 0 fully saturated rings. The molecule has 106 valence electrons. The van der Waals surface area contributed by atoms with Crippen LogP contribution in [-0.2, 0) is 14.8 Å². The third-order valence-electron chi connectivity index (χ3n) is 2.36. The Kier molecular flexibility index (Phi) is 5.25. The molecule has 1 rings (SSSR count). The third kappa shape index (κ3) is 4.18. The summed E-state index contributed by atoms with van der Waals surface area (Å²) in [5, 5.41) is 2.61. The molecule has 0 aromatic carbocycles. The van der Waals surface area contributed by atoms with Gasteiger partial charge in [0.25, 0.3) is 0 Å². The van der Waals surface area contributed by atoms with Gasteiger partial charge in [0, 0.05) is 12.7 Å². The van der Waals surface area contributed by atoms with E-state index in [1.165, 1.54) is 25.3 Å². The minimum Gasteiger partial charge on any atom is -0.383 e. The Morgan fingerprint density at radius 3 is 2.79 bits per heavy atom. The molecule has 1 aromatic rings. The summed E-state index contributed by atoms with van der Waals surface area (Å²) in [6, 6.07) is 1.92. The fraction of sp³-hybridized carbons (Fsp3) is 0.455. The van der Waals surface area contributed by atoms with E-state index in [9.17, 15) is 13.2 Å². The average molecular weight is 286 g/mol. The minimum absolute atomic E-state index is 0.101. The molecular formula is C11H18N4O3S. The Bertz CT molecular complexity index is 545. The van der Waals surface area contributed by atoms with E-state index in [1.807, 2.05) is 6.92 Å². The number of aromatic nitrogens is 1. The smallest absolute Gasteiger partial charge is 0.244 e. The van der Waals surface area contributed by atoms with Crippen LogP contribution in [0.2, 0.25) is 0 Å². The van der Waals surface area contributed by atoms with Crippen LogP contribution in [0.25, 0.3) is 0 Å². The number of carbonyl (C=O) groups excluding carboxylic acids is 1. The summed E-state index contributed by atoms with van der Waals surface area (Å²) >= 11 is 0. The molecule has 1 atom stereocenters. The van der Waals surface area contributed by atoms with E-state index >= 15 is 0 Å². The molecule has 0 aliphatic heterocycles. The van der Waals surface area contributed by atoms with Crippen LogP contribution in [-0.4, -0.2) is 31.9 Å². The van der Waals surface area contributed by atoms with Crippen molar-refractivity contribution < 1.29 is 13.2 Å². The highest BCUT2D eigenvalue weighted by Crippen LogP contribution is 2.14. The van der Waals surface area contributed by atoms with Crippen molar-refractivity contribution >= 4 is 21.7 Å². The first kappa shape index (κ1) is 15.4. The number of nitrogens with one attached hydrogen (secondary N) is 2. The second kappa shape index (κ2) is 6.48. The van der Waals surface area contributed by atoms with Crippen LogP contribution in [0, 0.1) is 0 Å². The number of sulfonamides is 1. The maximum Gasteiger partial charge on any atom is 0.244 e. The summed E-state index contributed by atoms with van der Waals surface area (Å²) in [6.07, 6.45) is 2.17. The van der Waals surface area contributed by atoms with E-state index in [4.69, 9.17) is 5.73 Å². The Balaban J connectivity index is 2.81. The first-order valence-corrected chi connectivity index (χ1v) is 7.37. The molecule has 1 heterocycles. The van der Waals surface area contributed by atoms with Gasteiger partial charge in [-0.2, -0.15) is 4.72 Å². The van der Waals surface area contributed by atoms with Crippen LogP contribution in [0.15, 0.2) is 23.2 Å². The van der Waals surface area contributed by atoms with Crippen molar-refractivity contribution in [3.8, 4) is 0 Å². The van der Waals surface area contributed by atoms with Gasteiger partial charge >= 0.3 is 0 Å². The standard InChI is InChI=1S/C11H18N4O3S/c1-3-6-14-11(16)8(2)15-19(17,18)9-5-4-7-13-10(9)12/h4-5,7-8,15H,3,6H2,1-2H3,(H2,12,13)(H,14,16). The summed E-state index contributed by atoms with van der Waals surface area (Å²) < 4.78 is 26.3. The molecule has 0 aliphatic rings. The van der Waals surface area contributed by atoms with Gasteiger partial charge in [-0.05, 0) is 25.5 Å². The quantitative estimate of drug-likeness (QED) is 0.673. The van der Waals surface area contributed by atoms with E-state index in [1.54, 1.807) is 0 Å². The van der Waals surface area contributed by atoms with Crippen LogP contribution in [0.1, 0.15) is 20.3 Å². The lowest BCUT2D eigenvalue weighted by atomic mass is 10.3. The van der Waals surface area contributed by atoms with Gasteiger partial charge in [0.05, 0.1) is 6.04 Å². The van der Waals surface area contributed by atoms with Crippen molar-refractivity contribution in [3.05, 3.63) is 18.3 Å². The fourth-order valence-corrected chi connectivity index (χ4v) is 2.67. The molecule has 0 saturated heterocycles. The molecular weight excluding hydrogens is 268 g/mol. The summed E-state index contributed by atoms with van der Waals surface area (Å²) in [4.78, 5) is 15.2. The van der Waals surface area contributed by atoms with Crippen molar-refractivity contribution in [3.63, 3.8) is 0 Å². The van der Waals surface area contributed by atoms with Gasteiger partial charge in [-0.15, -0.1) is 0 Å². The lowest BCUT2D eigenvalue weighted by Crippen LogP contribution is -2.45. The number of nitrogens with two attached hydrogens (primary N) is 1. The number of rotatable bonds is 6. The summed E-state index contributed by atoms with van der Waals surface area (Å²) in [7, 11) is -3.86. The average Bonchev–Trinajstić information content (AvgIpc) is 2.35. The second-order valence-electron chi connectivity index (χ2n) is 4.02. The summed E-state index contributed by atoms with van der Waals surface area (Å²) in [6.45, 7) is 3.88. The van der Waals surface area contributed by atoms with E-state index < -0.39 is 16.1 Å². The lowest BCUT2D eigenvalue weighted by molar-refractivity contribution is -0.122. The van der Waals surface area contributed by atoms with Crippen molar-refractivity contribution in [2.75, 3.05) is 12.3 Å². The van der Waals surface area contributed by atoms with E-state index in [0.717, 1.165) is 6.42 Å². The molecule has 8 heteroatoms. The number of amides is 1. The highest BCUT2D eigenvalue weighted by molar-refractivity contribution is 7.89. The van der Waals surface area contributed by atoms with Crippen molar-refractivity contribution in [2.24, 2.45) is 0 Å². The van der Waals surface area contributed by atoms with Gasteiger partial charge in [-0.3, -0.25) is 4.79 Å². The Morgan fingerprint density at radius 1 is 1.53 bits per heavy atom. The molecule has 19 heavy (non-hydrogen) atoms. The van der Waals surface area contributed by atoms with Crippen LogP contribution in [0.3, 0.4) is 0 Å². The van der Waals surface area contributed by atoms with Crippen LogP contribution in [0.5, 0.6) is 0 Å². The van der Waals surface area contributed by atoms with E-state index in [-0.39, 0.29) is 16.6 Å². The Hall–Kier alpha value is -1.67. The normalized spacial score (nSPS) is 12.9. The van der Waals surface area contributed by atoms with Crippen LogP contribution < -0.4 is 15.8 Å². The first-order valence-electron chi connectivity index (χ1n) is 5.89. The van der Waals surface area contributed by atoms with Crippen LogP contribution >= 0.6 is 0 Å². The number of nitrogen functional groups attached to an aromatic ring is 1. The van der Waals surface area contributed by atoms with Gasteiger partial charge in [-0.25, -0.2) is 13.4 Å². The molecule has 7 nitrogen and oxygen atoms in total. The maximum absolute atomic E-state index is 12.0. The Morgan fingerprint density at radius 2 is 2.21 bits per heavy atom.